The summed E-state index contributed by atoms with van der Waals surface area (Å²) in [5, 5.41) is 10.9. The Balaban J connectivity index is 2.23. The summed E-state index contributed by atoms with van der Waals surface area (Å²) in [5.74, 6) is -7.39. The van der Waals surface area contributed by atoms with E-state index in [1.54, 1.807) is 6.07 Å². The first-order chi connectivity index (χ1) is 13.4. The van der Waals surface area contributed by atoms with Crippen LogP contribution >= 0.6 is 0 Å². The van der Waals surface area contributed by atoms with Crippen molar-refractivity contribution in [3.63, 3.8) is 0 Å². The quantitative estimate of drug-likeness (QED) is 0.625. The number of rotatable bonds is 8. The maximum Gasteiger partial charge on any atom is 0.338 e. The molecule has 29 heavy (non-hydrogen) atoms. The maximum absolute atomic E-state index is 14.1. The molecule has 1 atom stereocenters. The average Bonchev–Trinajstić information content (AvgIpc) is 2.66. The van der Waals surface area contributed by atoms with Gasteiger partial charge in [-0.15, -0.1) is 0 Å². The smallest absolute Gasteiger partial charge is 0.338 e. The highest BCUT2D eigenvalue weighted by molar-refractivity contribution is 5.90. The Hall–Kier alpha value is -2.96. The third kappa shape index (κ3) is 5.31. The molecule has 0 aliphatic carbocycles. The first kappa shape index (κ1) is 22.3. The fraction of sp³-hybridized carbons (Fsp3) is 0.364. The Morgan fingerprint density at radius 1 is 0.966 bits per heavy atom. The molecule has 0 saturated carbocycles. The second-order valence-corrected chi connectivity index (χ2v) is 7.49. The minimum Gasteiger partial charge on any atom is -0.544 e. The van der Waals surface area contributed by atoms with Crippen molar-refractivity contribution in [3.05, 3.63) is 65.7 Å². The van der Waals surface area contributed by atoms with Gasteiger partial charge in [0.25, 0.3) is 0 Å². The number of carboxylic acids is 1. The van der Waals surface area contributed by atoms with E-state index in [4.69, 9.17) is 9.47 Å². The Labute approximate surface area is 168 Å². The van der Waals surface area contributed by atoms with Gasteiger partial charge in [-0.25, -0.2) is 4.79 Å². The van der Waals surface area contributed by atoms with Crippen molar-refractivity contribution in [1.82, 2.24) is 0 Å². The van der Waals surface area contributed by atoms with Crippen LogP contribution in [0.15, 0.2) is 54.6 Å². The van der Waals surface area contributed by atoms with Crippen LogP contribution in [0, 0.1) is 5.92 Å². The Bertz CT molecular complexity index is 845. The monoisotopic (exact) mass is 405 g/mol. The van der Waals surface area contributed by atoms with Gasteiger partial charge in [-0.2, -0.15) is 8.78 Å². The van der Waals surface area contributed by atoms with Crippen LogP contribution in [0.5, 0.6) is 5.75 Å². The van der Waals surface area contributed by atoms with E-state index in [-0.39, 0.29) is 17.0 Å². The second kappa shape index (κ2) is 8.59. The van der Waals surface area contributed by atoms with E-state index in [2.05, 4.69) is 0 Å². The summed E-state index contributed by atoms with van der Waals surface area (Å²) < 4.78 is 39.0. The van der Waals surface area contributed by atoms with E-state index in [9.17, 15) is 23.5 Å². The van der Waals surface area contributed by atoms with E-state index in [0.717, 1.165) is 0 Å². The minimum absolute atomic E-state index is 0.0187. The van der Waals surface area contributed by atoms with Gasteiger partial charge in [-0.3, -0.25) is 0 Å². The number of alkyl halides is 2. The van der Waals surface area contributed by atoms with Crippen LogP contribution in [0.25, 0.3) is 0 Å². The lowest BCUT2D eigenvalue weighted by atomic mass is 9.94. The molecule has 0 bridgehead atoms. The molecule has 0 fully saturated rings. The Kier molecular flexibility index (Phi) is 6.62. The normalized spacial score (nSPS) is 13.1. The van der Waals surface area contributed by atoms with Crippen LogP contribution in [0.2, 0.25) is 0 Å². The molecule has 0 aliphatic heterocycles. The molecular formula is C22H23F2O5-. The van der Waals surface area contributed by atoms with E-state index in [1.165, 1.54) is 48.5 Å². The lowest BCUT2D eigenvalue weighted by molar-refractivity contribution is -0.336. The minimum atomic E-state index is -4.40. The molecule has 7 heteroatoms. The summed E-state index contributed by atoms with van der Waals surface area (Å²) >= 11 is 0. The maximum atomic E-state index is 14.1. The summed E-state index contributed by atoms with van der Waals surface area (Å²) in [6.07, 6.45) is -2.32. The van der Waals surface area contributed by atoms with Crippen molar-refractivity contribution in [2.75, 3.05) is 0 Å². The number of hydrogen-bond acceptors (Lipinski definition) is 5. The molecular weight excluding hydrogens is 382 g/mol. The molecule has 2 aromatic rings. The SMILES string of the molecule is CC(C)C(C)(C)Oc1ccc(C(=O)OC(c2ccccc2)C(F)(F)C(=O)[O-])cc1. The first-order valence-corrected chi connectivity index (χ1v) is 9.09. The summed E-state index contributed by atoms with van der Waals surface area (Å²) in [5.41, 5.74) is -0.625. The third-order valence-corrected chi connectivity index (χ3v) is 4.79. The molecule has 0 aliphatic rings. The third-order valence-electron chi connectivity index (χ3n) is 4.79. The summed E-state index contributed by atoms with van der Waals surface area (Å²) in [6, 6.07) is 12.7. The van der Waals surface area contributed by atoms with Crippen LogP contribution in [0.3, 0.4) is 0 Å². The van der Waals surface area contributed by atoms with Gasteiger partial charge < -0.3 is 19.4 Å². The highest BCUT2D eigenvalue weighted by atomic mass is 19.3. The number of carbonyl (C=O) groups is 2. The van der Waals surface area contributed by atoms with Gasteiger partial charge in [-0.1, -0.05) is 44.2 Å². The van der Waals surface area contributed by atoms with Gasteiger partial charge in [0.2, 0.25) is 0 Å². The number of benzene rings is 2. The number of esters is 1. The number of aliphatic carboxylic acids is 1. The summed E-state index contributed by atoms with van der Waals surface area (Å²) in [6.45, 7) is 7.86. The van der Waals surface area contributed by atoms with Crippen molar-refractivity contribution in [3.8, 4) is 5.75 Å². The predicted molar refractivity (Wildman–Crippen MR) is 101 cm³/mol. The second-order valence-electron chi connectivity index (χ2n) is 7.49. The molecule has 0 aromatic heterocycles. The topological polar surface area (TPSA) is 75.7 Å². The van der Waals surface area contributed by atoms with Crippen LogP contribution < -0.4 is 9.84 Å². The Morgan fingerprint density at radius 3 is 2.00 bits per heavy atom. The number of hydrogen-bond donors (Lipinski definition) is 0. The molecule has 2 rings (SSSR count). The lowest BCUT2D eigenvalue weighted by Crippen LogP contribution is -2.47. The molecule has 0 heterocycles. The lowest BCUT2D eigenvalue weighted by Gasteiger charge is -2.30. The van der Waals surface area contributed by atoms with Crippen molar-refractivity contribution >= 4 is 11.9 Å². The van der Waals surface area contributed by atoms with Gasteiger partial charge in [0, 0.05) is 0 Å². The number of carbonyl (C=O) groups excluding carboxylic acids is 2. The van der Waals surface area contributed by atoms with Crippen LogP contribution in [-0.4, -0.2) is 23.5 Å². The van der Waals surface area contributed by atoms with Gasteiger partial charge in [0.15, 0.2) is 6.10 Å². The van der Waals surface area contributed by atoms with E-state index < -0.39 is 29.6 Å². The largest absolute Gasteiger partial charge is 0.544 e. The fourth-order valence-corrected chi connectivity index (χ4v) is 2.34. The van der Waals surface area contributed by atoms with Crippen molar-refractivity contribution in [2.45, 2.75) is 45.3 Å². The first-order valence-electron chi connectivity index (χ1n) is 9.09. The zero-order valence-electron chi connectivity index (χ0n) is 16.6. The van der Waals surface area contributed by atoms with Crippen molar-refractivity contribution in [1.29, 1.82) is 0 Å². The Morgan fingerprint density at radius 2 is 1.52 bits per heavy atom. The highest BCUT2D eigenvalue weighted by Gasteiger charge is 2.45. The van der Waals surface area contributed by atoms with Crippen molar-refractivity contribution < 1.29 is 33.0 Å². The van der Waals surface area contributed by atoms with Gasteiger partial charge >= 0.3 is 11.9 Å². The number of carboxylic acid groups (broad SMARTS) is 1. The standard InChI is InChI=1S/C22H24F2O5/c1-14(2)21(3,4)29-17-12-10-16(11-13-17)19(25)28-18(22(23,24)20(26)27)15-8-6-5-7-9-15/h5-14,18H,1-4H3,(H,26,27)/p-1. The fourth-order valence-electron chi connectivity index (χ4n) is 2.34. The molecule has 2 aromatic carbocycles. The van der Waals surface area contributed by atoms with E-state index >= 15 is 0 Å². The summed E-state index contributed by atoms with van der Waals surface area (Å²) in [7, 11) is 0. The molecule has 0 N–H and O–H groups in total. The zero-order valence-corrected chi connectivity index (χ0v) is 16.6. The molecule has 5 nitrogen and oxygen atoms in total. The molecule has 1 unspecified atom stereocenters. The molecule has 0 amide bonds. The van der Waals surface area contributed by atoms with Crippen LogP contribution in [-0.2, 0) is 9.53 Å². The molecule has 0 radical (unpaired) electrons. The molecule has 156 valence electrons. The molecule has 0 saturated heterocycles. The van der Waals surface area contributed by atoms with Gasteiger partial charge in [-0.05, 0) is 49.6 Å². The van der Waals surface area contributed by atoms with Gasteiger partial charge in [0.05, 0.1) is 5.56 Å². The molecule has 0 spiro atoms. The van der Waals surface area contributed by atoms with Crippen LogP contribution in [0.1, 0.15) is 49.7 Å². The van der Waals surface area contributed by atoms with Crippen LogP contribution in [0.4, 0.5) is 8.78 Å². The summed E-state index contributed by atoms with van der Waals surface area (Å²) in [4.78, 5) is 23.3. The predicted octanol–water partition coefficient (Wildman–Crippen LogP) is 3.78. The number of ether oxygens (including phenoxy) is 2. The van der Waals surface area contributed by atoms with E-state index in [1.807, 2.05) is 27.7 Å². The average molecular weight is 405 g/mol. The van der Waals surface area contributed by atoms with E-state index in [0.29, 0.717) is 5.75 Å². The van der Waals surface area contributed by atoms with Gasteiger partial charge in [0.1, 0.15) is 17.3 Å². The zero-order chi connectivity index (χ0) is 21.8. The van der Waals surface area contributed by atoms with Crippen molar-refractivity contribution in [2.24, 2.45) is 5.92 Å². The number of halogens is 2. The highest BCUT2D eigenvalue weighted by Crippen LogP contribution is 2.35.